The maximum Gasteiger partial charge on any atom is 0.410 e. The van der Waals surface area contributed by atoms with Crippen LogP contribution in [0.1, 0.15) is 122 Å². The highest BCUT2D eigenvalue weighted by Crippen LogP contribution is 2.45. The van der Waals surface area contributed by atoms with Crippen LogP contribution in [-0.2, 0) is 57.0 Å². The van der Waals surface area contributed by atoms with Crippen molar-refractivity contribution in [2.24, 2.45) is 34.7 Å². The smallest absolute Gasteiger partial charge is 0.410 e. The van der Waals surface area contributed by atoms with Crippen molar-refractivity contribution in [2.45, 2.75) is 200 Å². The van der Waals surface area contributed by atoms with Crippen LogP contribution in [0.2, 0.25) is 0 Å². The Kier molecular flexibility index (Phi) is 21.2. The van der Waals surface area contributed by atoms with Crippen LogP contribution in [0.25, 0.3) is 10.4 Å². The van der Waals surface area contributed by atoms with E-state index in [9.17, 15) is 19.2 Å². The molecule has 4 heterocycles. The first-order valence-corrected chi connectivity index (χ1v) is 23.7. The standard InChI is InChI=1S/C46H79N5O13.CH4O/c1-17-34-46(12)38(51(43(55)64-46)21-19-18-20-48-49-47)28(5)36(53)25(2)23-44(10,56-15)39(63-42-27(4)33(50(13)14)22-26(3)58-42)29(6)37(30(7)41(54)61-34)62-35-24-45(11,57-16)40(31(8)59-35)60-32(9)52;1-2/h25-31,33-35,37-40,42H,17-24H2,1-16H3;2H,1H3/t25-,26?,27?,28+,29+,30-,31?,33?,34-,35?,37+,38-,39-,40?,42?,44+,45?,46-;/m1./s1. The van der Waals surface area contributed by atoms with Gasteiger partial charge in [0.1, 0.15) is 17.5 Å². The molecule has 4 aliphatic heterocycles. The number of aliphatic hydroxyl groups is 1. The molecule has 0 aliphatic carbocycles. The highest BCUT2D eigenvalue weighted by molar-refractivity contribution is 5.85. The highest BCUT2D eigenvalue weighted by atomic mass is 16.7. The number of hydrogen-bond acceptors (Lipinski definition) is 16. The molecule has 19 nitrogen and oxygen atoms in total. The normalized spacial score (nSPS) is 41.3. The number of hydrogen-bond donors (Lipinski definition) is 1. The number of carbonyl (C=O) groups excluding carboxylic acids is 4. The number of nitrogens with zero attached hydrogens (tertiary/aromatic N) is 5. The van der Waals surface area contributed by atoms with Gasteiger partial charge in [0, 0.05) is 82.4 Å². The summed E-state index contributed by atoms with van der Waals surface area (Å²) in [6, 6.07) is -0.682. The van der Waals surface area contributed by atoms with Crippen LogP contribution in [0.3, 0.4) is 0 Å². The van der Waals surface area contributed by atoms with E-state index in [-0.39, 0.29) is 56.2 Å². The summed E-state index contributed by atoms with van der Waals surface area (Å²) < 4.78 is 58.1. The zero-order valence-electron chi connectivity index (χ0n) is 42.8. The van der Waals surface area contributed by atoms with Crippen LogP contribution < -0.4 is 0 Å². The number of esters is 2. The first kappa shape index (κ1) is 57.2. The third-order valence-corrected chi connectivity index (χ3v) is 14.7. The average molecular weight is 942 g/mol. The molecule has 0 spiro atoms. The molecule has 18 atom stereocenters. The molecule has 380 valence electrons. The van der Waals surface area contributed by atoms with E-state index >= 15 is 0 Å². The maximum atomic E-state index is 14.9. The zero-order chi connectivity index (χ0) is 50.1. The van der Waals surface area contributed by atoms with Gasteiger partial charge in [0.25, 0.3) is 0 Å². The predicted octanol–water partition coefficient (Wildman–Crippen LogP) is 6.45. The van der Waals surface area contributed by atoms with Gasteiger partial charge in [0.05, 0.1) is 42.0 Å². The summed E-state index contributed by atoms with van der Waals surface area (Å²) in [6.45, 7) is 22.4. The Morgan fingerprint density at radius 1 is 0.909 bits per heavy atom. The molecule has 19 heteroatoms. The monoisotopic (exact) mass is 942 g/mol. The topological polar surface area (TPSA) is 227 Å². The van der Waals surface area contributed by atoms with Gasteiger partial charge in [-0.15, -0.1) is 0 Å². The summed E-state index contributed by atoms with van der Waals surface area (Å²) in [6.07, 6.45) is -4.16. The Labute approximate surface area is 393 Å². The van der Waals surface area contributed by atoms with E-state index in [0.29, 0.717) is 12.8 Å². The molecule has 1 amide bonds. The second kappa shape index (κ2) is 24.4. The maximum absolute atomic E-state index is 14.9. The van der Waals surface area contributed by atoms with Crippen molar-refractivity contribution >= 4 is 23.8 Å². The number of unbranched alkanes of at least 4 members (excludes halogenated alkanes) is 1. The fraction of sp³-hybridized carbons (Fsp3) is 0.915. The average Bonchev–Trinajstić information content (AvgIpc) is 3.53. The van der Waals surface area contributed by atoms with Crippen molar-refractivity contribution in [3.63, 3.8) is 0 Å². The van der Waals surface area contributed by atoms with E-state index in [4.69, 9.17) is 53.3 Å². The highest BCUT2D eigenvalue weighted by Gasteiger charge is 2.61. The van der Waals surface area contributed by atoms with Crippen LogP contribution in [0.15, 0.2) is 5.11 Å². The van der Waals surface area contributed by atoms with Gasteiger partial charge in [-0.25, -0.2) is 4.79 Å². The fourth-order valence-corrected chi connectivity index (χ4v) is 11.1. The molecule has 0 aromatic carbocycles. The van der Waals surface area contributed by atoms with Crippen molar-refractivity contribution in [3.8, 4) is 0 Å². The van der Waals surface area contributed by atoms with Crippen LogP contribution in [0.4, 0.5) is 4.79 Å². The largest absolute Gasteiger partial charge is 0.458 e. The summed E-state index contributed by atoms with van der Waals surface area (Å²) in [5, 5.41) is 10.6. The Morgan fingerprint density at radius 2 is 1.53 bits per heavy atom. The number of fused-ring (bicyclic) bond motifs is 1. The molecular weight excluding hydrogens is 859 g/mol. The lowest BCUT2D eigenvalue weighted by Crippen LogP contribution is -2.61. The van der Waals surface area contributed by atoms with E-state index in [0.717, 1.165) is 13.5 Å². The first-order valence-electron chi connectivity index (χ1n) is 23.7. The molecule has 66 heavy (non-hydrogen) atoms. The number of ether oxygens (including phenoxy) is 9. The third kappa shape index (κ3) is 12.7. The predicted molar refractivity (Wildman–Crippen MR) is 244 cm³/mol. The van der Waals surface area contributed by atoms with E-state index in [2.05, 4.69) is 21.8 Å². The Hall–Kier alpha value is -3.13. The SMILES string of the molecule is CC[C@H]1OC(=O)[C@H](C)[C@@H](OC2CC(C)(OC)C(OC(C)=O)C(C)O2)[C@H](C)[C@@H](OC2OC(C)CC(N(C)C)C2C)[C@@](C)(OC)C[C@@H](C)C(=O)[C@H](C)[C@H]2N(CCCCN=[N+]=[N-])C(=O)O[C@]12C.CO. The third-order valence-electron chi connectivity index (χ3n) is 14.7. The summed E-state index contributed by atoms with van der Waals surface area (Å²) in [5.74, 6) is -4.30. The second-order valence-electron chi connectivity index (χ2n) is 19.8. The van der Waals surface area contributed by atoms with Crippen LogP contribution >= 0.6 is 0 Å². The molecule has 0 aromatic heterocycles. The molecule has 0 bridgehead atoms. The van der Waals surface area contributed by atoms with Crippen molar-refractivity contribution in [1.29, 1.82) is 0 Å². The first-order chi connectivity index (χ1) is 30.9. The lowest BCUT2D eigenvalue weighted by atomic mass is 9.73. The van der Waals surface area contributed by atoms with Gasteiger partial charge in [0.2, 0.25) is 0 Å². The van der Waals surface area contributed by atoms with E-state index < -0.39 is 108 Å². The summed E-state index contributed by atoms with van der Waals surface area (Å²) in [7, 11) is 8.21. The minimum atomic E-state index is -1.43. The van der Waals surface area contributed by atoms with Gasteiger partial charge in [0.15, 0.2) is 24.3 Å². The van der Waals surface area contributed by atoms with Crippen LogP contribution in [0, 0.1) is 29.6 Å². The van der Waals surface area contributed by atoms with Crippen molar-refractivity contribution in [3.05, 3.63) is 10.4 Å². The molecule has 4 fully saturated rings. The number of azide groups is 1. The minimum absolute atomic E-state index is 0.0860. The summed E-state index contributed by atoms with van der Waals surface area (Å²) in [4.78, 5) is 62.5. The number of carbonyl (C=O) groups is 4. The quantitative estimate of drug-likeness (QED) is 0.0493. The molecule has 1 N–H and O–H groups in total. The lowest BCUT2D eigenvalue weighted by Gasteiger charge is -2.50. The molecule has 4 aliphatic rings. The Morgan fingerprint density at radius 3 is 2.09 bits per heavy atom. The summed E-state index contributed by atoms with van der Waals surface area (Å²) in [5.41, 5.74) is 5.19. The molecular formula is C47H83N5O14. The number of aliphatic hydroxyl groups excluding tert-OH is 1. The van der Waals surface area contributed by atoms with E-state index in [1.807, 2.05) is 55.6 Å². The summed E-state index contributed by atoms with van der Waals surface area (Å²) >= 11 is 0. The Bertz CT molecular complexity index is 1670. The molecule has 4 saturated heterocycles. The van der Waals surface area contributed by atoms with Gasteiger partial charge >= 0.3 is 18.0 Å². The van der Waals surface area contributed by atoms with Gasteiger partial charge < -0.3 is 57.5 Å². The molecule has 4 rings (SSSR count). The Balaban J connectivity index is 0.00000570. The molecule has 0 aromatic rings. The van der Waals surface area contributed by atoms with Crippen LogP contribution in [-0.4, -0.2) is 165 Å². The number of ketones is 1. The van der Waals surface area contributed by atoms with Gasteiger partial charge in [-0.05, 0) is 93.3 Å². The van der Waals surface area contributed by atoms with E-state index in [1.165, 1.54) is 6.92 Å². The number of amides is 1. The molecule has 0 saturated carbocycles. The zero-order valence-corrected chi connectivity index (χ0v) is 42.8. The second-order valence-corrected chi connectivity index (χ2v) is 19.8. The van der Waals surface area contributed by atoms with Gasteiger partial charge in [-0.3, -0.25) is 14.4 Å². The number of cyclic esters (lactones) is 1. The van der Waals surface area contributed by atoms with Crippen LogP contribution in [0.5, 0.6) is 0 Å². The lowest BCUT2D eigenvalue weighted by molar-refractivity contribution is -0.315. The van der Waals surface area contributed by atoms with Crippen molar-refractivity contribution < 1.29 is 66.9 Å². The van der Waals surface area contributed by atoms with E-state index in [1.54, 1.807) is 46.8 Å². The minimum Gasteiger partial charge on any atom is -0.458 e. The molecule has 8 unspecified atom stereocenters. The fourth-order valence-electron chi connectivity index (χ4n) is 11.1. The number of rotatable bonds is 14. The number of methoxy groups -OCH3 is 2. The van der Waals surface area contributed by atoms with Crippen molar-refractivity contribution in [1.82, 2.24) is 9.80 Å². The number of Topliss-reactive ketones (excluding diaryl/α,β-unsaturated/α-hetero) is 1. The van der Waals surface area contributed by atoms with Crippen molar-refractivity contribution in [2.75, 3.05) is 48.5 Å². The van der Waals surface area contributed by atoms with Gasteiger partial charge in [-0.2, -0.15) is 0 Å². The molecule has 0 radical (unpaired) electrons. The van der Waals surface area contributed by atoms with Gasteiger partial charge in [-0.1, -0.05) is 39.7 Å².